The first-order chi connectivity index (χ1) is 11.5. The number of morpholine rings is 1. The van der Waals surface area contributed by atoms with E-state index in [1.165, 1.54) is 12.1 Å². The van der Waals surface area contributed by atoms with E-state index in [2.05, 4.69) is 15.2 Å². The number of nitrogens with one attached hydrogen (secondary N) is 1. The normalized spacial score (nSPS) is 23.0. The molecule has 1 aromatic heterocycles. The van der Waals surface area contributed by atoms with E-state index in [0.29, 0.717) is 19.0 Å². The zero-order valence-electron chi connectivity index (χ0n) is 14.3. The molecule has 24 heavy (non-hydrogen) atoms. The summed E-state index contributed by atoms with van der Waals surface area (Å²) in [6, 6.07) is 2.56. The lowest BCUT2D eigenvalue weighted by Crippen LogP contribution is -2.60. The molecule has 1 aromatic rings. The molecule has 2 fully saturated rings. The van der Waals surface area contributed by atoms with Crippen molar-refractivity contribution in [1.82, 2.24) is 14.8 Å². The molecule has 7 heteroatoms. The van der Waals surface area contributed by atoms with Gasteiger partial charge in [-0.1, -0.05) is 12.8 Å². The zero-order chi connectivity index (χ0) is 17.2. The largest absolute Gasteiger partial charge is 0.371 e. The number of aromatic nitrogens is 1. The van der Waals surface area contributed by atoms with Crippen LogP contribution in [-0.4, -0.2) is 66.2 Å². The summed E-state index contributed by atoms with van der Waals surface area (Å²) < 4.78 is 19.1. The maximum atomic E-state index is 13.0. The minimum absolute atomic E-state index is 0.00771. The Balaban J connectivity index is 1.73. The summed E-state index contributed by atoms with van der Waals surface area (Å²) in [5, 5.41) is 2.78. The summed E-state index contributed by atoms with van der Waals surface area (Å²) in [6.07, 6.45) is 5.39. The first-order valence-corrected chi connectivity index (χ1v) is 8.45. The second-order valence-electron chi connectivity index (χ2n) is 7.04. The standard InChI is InChI=1S/C17H25FN4O2/c1-21(2)10-14-11-24-17(7-3-4-8-17)12-22(14)16(23)20-15-6-5-13(18)9-19-15/h5-6,9,14H,3-4,7-8,10-12H2,1-2H3,(H,19,20,23)/t14-/m1/s1. The van der Waals surface area contributed by atoms with E-state index in [1.807, 2.05) is 19.0 Å². The molecule has 132 valence electrons. The van der Waals surface area contributed by atoms with Gasteiger partial charge < -0.3 is 14.5 Å². The van der Waals surface area contributed by atoms with E-state index in [4.69, 9.17) is 4.74 Å². The second-order valence-corrected chi connectivity index (χ2v) is 7.04. The van der Waals surface area contributed by atoms with Crippen molar-refractivity contribution < 1.29 is 13.9 Å². The van der Waals surface area contributed by atoms with E-state index in [1.54, 1.807) is 0 Å². The number of carbonyl (C=O) groups is 1. The minimum Gasteiger partial charge on any atom is -0.371 e. The molecule has 2 heterocycles. The molecule has 0 unspecified atom stereocenters. The third-order valence-electron chi connectivity index (χ3n) is 4.80. The van der Waals surface area contributed by atoms with Crippen LogP contribution >= 0.6 is 0 Å². The number of ether oxygens (including phenoxy) is 1. The van der Waals surface area contributed by atoms with Gasteiger partial charge in [-0.3, -0.25) is 5.32 Å². The lowest BCUT2D eigenvalue weighted by atomic mass is 9.97. The molecule has 1 atom stereocenters. The number of anilines is 1. The number of nitrogens with zero attached hydrogens (tertiary/aromatic N) is 3. The molecule has 1 saturated heterocycles. The van der Waals surface area contributed by atoms with Gasteiger partial charge in [-0.15, -0.1) is 0 Å². The molecule has 3 rings (SSSR count). The Kier molecular flexibility index (Phi) is 5.01. The first-order valence-electron chi connectivity index (χ1n) is 8.45. The van der Waals surface area contributed by atoms with Crippen LogP contribution in [0.25, 0.3) is 0 Å². The Morgan fingerprint density at radius 3 is 2.83 bits per heavy atom. The molecule has 6 nitrogen and oxygen atoms in total. The summed E-state index contributed by atoms with van der Waals surface area (Å²) >= 11 is 0. The fraction of sp³-hybridized carbons (Fsp3) is 0.647. The van der Waals surface area contributed by atoms with Crippen LogP contribution in [0, 0.1) is 5.82 Å². The van der Waals surface area contributed by atoms with Crippen LogP contribution in [0.3, 0.4) is 0 Å². The molecule has 0 bridgehead atoms. The summed E-state index contributed by atoms with van der Waals surface area (Å²) in [5.41, 5.74) is -0.198. The average Bonchev–Trinajstić information content (AvgIpc) is 2.99. The number of amides is 2. The average molecular weight is 336 g/mol. The molecule has 1 N–H and O–H groups in total. The van der Waals surface area contributed by atoms with Crippen LogP contribution < -0.4 is 5.32 Å². The fourth-order valence-electron chi connectivity index (χ4n) is 3.61. The predicted octanol–water partition coefficient (Wildman–Crippen LogP) is 2.33. The van der Waals surface area contributed by atoms with Gasteiger partial charge in [0, 0.05) is 6.54 Å². The molecule has 0 radical (unpaired) electrons. The number of hydrogen-bond acceptors (Lipinski definition) is 4. The van der Waals surface area contributed by atoms with Crippen molar-refractivity contribution in [3.05, 3.63) is 24.1 Å². The van der Waals surface area contributed by atoms with E-state index >= 15 is 0 Å². The highest BCUT2D eigenvalue weighted by Gasteiger charge is 2.44. The highest BCUT2D eigenvalue weighted by Crippen LogP contribution is 2.37. The Hall–Kier alpha value is -1.73. The van der Waals surface area contributed by atoms with Gasteiger partial charge in [-0.05, 0) is 39.1 Å². The molecular formula is C17H25FN4O2. The van der Waals surface area contributed by atoms with Gasteiger partial charge in [0.05, 0.1) is 31.0 Å². The quantitative estimate of drug-likeness (QED) is 0.920. The van der Waals surface area contributed by atoms with E-state index in [0.717, 1.165) is 38.4 Å². The number of urea groups is 1. The van der Waals surface area contributed by atoms with Crippen LogP contribution in [0.2, 0.25) is 0 Å². The molecule has 0 aromatic carbocycles. The van der Waals surface area contributed by atoms with Crippen LogP contribution in [0.5, 0.6) is 0 Å². The fourth-order valence-corrected chi connectivity index (χ4v) is 3.61. The number of hydrogen-bond donors (Lipinski definition) is 1. The topological polar surface area (TPSA) is 57.7 Å². The van der Waals surface area contributed by atoms with Crippen molar-refractivity contribution in [3.63, 3.8) is 0 Å². The first kappa shape index (κ1) is 17.1. The second kappa shape index (κ2) is 7.03. The lowest BCUT2D eigenvalue weighted by molar-refractivity contribution is -0.118. The van der Waals surface area contributed by atoms with Crippen LogP contribution in [-0.2, 0) is 4.74 Å². The van der Waals surface area contributed by atoms with Gasteiger partial charge in [-0.25, -0.2) is 14.2 Å². The number of pyridine rings is 1. The van der Waals surface area contributed by atoms with Crippen molar-refractivity contribution in [2.45, 2.75) is 37.3 Å². The summed E-state index contributed by atoms with van der Waals surface area (Å²) in [7, 11) is 3.97. The molecule has 2 aliphatic rings. The SMILES string of the molecule is CN(C)C[C@@H]1COC2(CCCC2)CN1C(=O)Nc1ccc(F)cn1. The highest BCUT2D eigenvalue weighted by atomic mass is 19.1. The highest BCUT2D eigenvalue weighted by molar-refractivity contribution is 5.88. The Morgan fingerprint density at radius 2 is 2.21 bits per heavy atom. The minimum atomic E-state index is -0.422. The maximum absolute atomic E-state index is 13.0. The molecule has 2 amide bonds. The third kappa shape index (κ3) is 3.84. The molecular weight excluding hydrogens is 311 g/mol. The van der Waals surface area contributed by atoms with Gasteiger partial charge in [0.15, 0.2) is 0 Å². The van der Waals surface area contributed by atoms with Gasteiger partial charge >= 0.3 is 6.03 Å². The molecule has 1 spiro atoms. The third-order valence-corrected chi connectivity index (χ3v) is 4.80. The number of carbonyl (C=O) groups excluding carboxylic acids is 1. The smallest absolute Gasteiger partial charge is 0.323 e. The van der Waals surface area contributed by atoms with Crippen molar-refractivity contribution in [2.75, 3.05) is 39.1 Å². The Bertz CT molecular complexity index is 572. The van der Waals surface area contributed by atoms with Crippen LogP contribution in [0.1, 0.15) is 25.7 Å². The molecule has 1 saturated carbocycles. The van der Waals surface area contributed by atoms with Gasteiger partial charge in [-0.2, -0.15) is 0 Å². The number of likely N-dealkylation sites (N-methyl/N-ethyl adjacent to an activating group) is 1. The lowest BCUT2D eigenvalue weighted by Gasteiger charge is -2.45. The van der Waals surface area contributed by atoms with Gasteiger partial charge in [0.2, 0.25) is 0 Å². The van der Waals surface area contributed by atoms with E-state index in [-0.39, 0.29) is 17.7 Å². The van der Waals surface area contributed by atoms with Crippen molar-refractivity contribution in [2.24, 2.45) is 0 Å². The van der Waals surface area contributed by atoms with Crippen LogP contribution in [0.4, 0.5) is 15.0 Å². The predicted molar refractivity (Wildman–Crippen MR) is 89.4 cm³/mol. The number of rotatable bonds is 3. The van der Waals surface area contributed by atoms with Crippen molar-refractivity contribution in [3.8, 4) is 0 Å². The van der Waals surface area contributed by atoms with E-state index in [9.17, 15) is 9.18 Å². The van der Waals surface area contributed by atoms with Crippen LogP contribution in [0.15, 0.2) is 18.3 Å². The van der Waals surface area contributed by atoms with Crippen molar-refractivity contribution in [1.29, 1.82) is 0 Å². The van der Waals surface area contributed by atoms with E-state index < -0.39 is 5.82 Å². The Morgan fingerprint density at radius 1 is 1.46 bits per heavy atom. The van der Waals surface area contributed by atoms with Gasteiger partial charge in [0.1, 0.15) is 11.6 Å². The van der Waals surface area contributed by atoms with Crippen molar-refractivity contribution >= 4 is 11.8 Å². The molecule has 1 aliphatic carbocycles. The number of halogens is 1. The summed E-state index contributed by atoms with van der Waals surface area (Å²) in [4.78, 5) is 20.6. The monoisotopic (exact) mass is 336 g/mol. The summed E-state index contributed by atoms with van der Waals surface area (Å²) in [5.74, 6) is -0.0632. The van der Waals surface area contributed by atoms with Gasteiger partial charge in [0.25, 0.3) is 0 Å². The molecule has 1 aliphatic heterocycles. The summed E-state index contributed by atoms with van der Waals surface area (Å²) in [6.45, 7) is 1.88. The Labute approximate surface area is 142 Å². The zero-order valence-corrected chi connectivity index (χ0v) is 14.3. The maximum Gasteiger partial charge on any atom is 0.323 e.